The van der Waals surface area contributed by atoms with E-state index in [-0.39, 0.29) is 17.9 Å². The second-order valence-corrected chi connectivity index (χ2v) is 4.75. The second kappa shape index (κ2) is 6.80. The third-order valence-corrected chi connectivity index (χ3v) is 2.47. The van der Waals surface area contributed by atoms with Crippen LogP contribution in [0.1, 0.15) is 40.0 Å². The Morgan fingerprint density at radius 3 is 2.60 bits per heavy atom. The summed E-state index contributed by atoms with van der Waals surface area (Å²) >= 11 is 0. The average Bonchev–Trinajstić information content (AvgIpc) is 2.14. The van der Waals surface area contributed by atoms with Crippen molar-refractivity contribution in [3.05, 3.63) is 0 Å². The number of amides is 1. The van der Waals surface area contributed by atoms with E-state index in [0.29, 0.717) is 19.4 Å². The van der Waals surface area contributed by atoms with Crippen LogP contribution in [-0.4, -0.2) is 30.2 Å². The van der Waals surface area contributed by atoms with Gasteiger partial charge in [-0.05, 0) is 18.3 Å². The maximum atomic E-state index is 11.5. The van der Waals surface area contributed by atoms with Gasteiger partial charge in [0.05, 0.1) is 6.04 Å². The standard InChI is InChI=1S/C11H24N2O2/c1-4-5-9(12)10(15)13-8-11(2,3)6-7-14/h9,14H,4-8,12H2,1-3H3,(H,13,15). The summed E-state index contributed by atoms with van der Waals surface area (Å²) < 4.78 is 0. The number of carbonyl (C=O) groups is 1. The molecule has 0 rings (SSSR count). The third-order valence-electron chi connectivity index (χ3n) is 2.47. The Morgan fingerprint density at radius 2 is 2.13 bits per heavy atom. The van der Waals surface area contributed by atoms with Crippen LogP contribution in [0.15, 0.2) is 0 Å². The van der Waals surface area contributed by atoms with Crippen molar-refractivity contribution in [2.24, 2.45) is 11.1 Å². The van der Waals surface area contributed by atoms with E-state index in [1.54, 1.807) is 0 Å². The predicted molar refractivity (Wildman–Crippen MR) is 61.4 cm³/mol. The van der Waals surface area contributed by atoms with Crippen molar-refractivity contribution in [3.63, 3.8) is 0 Å². The van der Waals surface area contributed by atoms with E-state index in [1.807, 2.05) is 20.8 Å². The SMILES string of the molecule is CCCC(N)C(=O)NCC(C)(C)CCO. The summed E-state index contributed by atoms with van der Waals surface area (Å²) in [4.78, 5) is 11.5. The zero-order valence-electron chi connectivity index (χ0n) is 10.0. The molecule has 0 fully saturated rings. The van der Waals surface area contributed by atoms with Gasteiger partial charge in [0, 0.05) is 13.2 Å². The van der Waals surface area contributed by atoms with Crippen molar-refractivity contribution in [3.8, 4) is 0 Å². The number of hydrogen-bond acceptors (Lipinski definition) is 3. The lowest BCUT2D eigenvalue weighted by Gasteiger charge is -2.24. The lowest BCUT2D eigenvalue weighted by molar-refractivity contribution is -0.123. The Hall–Kier alpha value is -0.610. The van der Waals surface area contributed by atoms with Gasteiger partial charge in [-0.3, -0.25) is 4.79 Å². The van der Waals surface area contributed by atoms with Crippen molar-refractivity contribution < 1.29 is 9.90 Å². The first-order chi connectivity index (χ1) is 6.93. The molecule has 0 aromatic carbocycles. The van der Waals surface area contributed by atoms with Crippen LogP contribution in [0.25, 0.3) is 0 Å². The highest BCUT2D eigenvalue weighted by molar-refractivity contribution is 5.81. The molecule has 0 aliphatic heterocycles. The van der Waals surface area contributed by atoms with Gasteiger partial charge >= 0.3 is 0 Å². The van der Waals surface area contributed by atoms with Gasteiger partial charge < -0.3 is 16.2 Å². The fraction of sp³-hybridized carbons (Fsp3) is 0.909. The molecule has 4 nitrogen and oxygen atoms in total. The maximum absolute atomic E-state index is 11.5. The highest BCUT2D eigenvalue weighted by Gasteiger charge is 2.20. The van der Waals surface area contributed by atoms with Gasteiger partial charge in [0.2, 0.25) is 5.91 Å². The van der Waals surface area contributed by atoms with Gasteiger partial charge in [0.25, 0.3) is 0 Å². The molecule has 0 aliphatic rings. The Balaban J connectivity index is 3.88. The molecule has 0 saturated carbocycles. The van der Waals surface area contributed by atoms with Crippen molar-refractivity contribution in [1.82, 2.24) is 5.32 Å². The summed E-state index contributed by atoms with van der Waals surface area (Å²) in [6, 6.07) is -0.403. The Kier molecular flexibility index (Phi) is 6.52. The van der Waals surface area contributed by atoms with Crippen molar-refractivity contribution in [2.45, 2.75) is 46.1 Å². The fourth-order valence-corrected chi connectivity index (χ4v) is 1.29. The van der Waals surface area contributed by atoms with E-state index < -0.39 is 6.04 Å². The molecule has 0 aromatic rings. The lowest BCUT2D eigenvalue weighted by Crippen LogP contribution is -2.44. The van der Waals surface area contributed by atoms with Gasteiger partial charge in [0.1, 0.15) is 0 Å². The van der Waals surface area contributed by atoms with Gasteiger partial charge in [-0.2, -0.15) is 0 Å². The topological polar surface area (TPSA) is 75.4 Å². The summed E-state index contributed by atoms with van der Waals surface area (Å²) in [7, 11) is 0. The molecule has 0 heterocycles. The molecule has 15 heavy (non-hydrogen) atoms. The molecule has 0 spiro atoms. The molecular formula is C11H24N2O2. The normalized spacial score (nSPS) is 13.7. The first kappa shape index (κ1) is 14.4. The monoisotopic (exact) mass is 216 g/mol. The van der Waals surface area contributed by atoms with Crippen LogP contribution < -0.4 is 11.1 Å². The van der Waals surface area contributed by atoms with Crippen molar-refractivity contribution in [1.29, 1.82) is 0 Å². The van der Waals surface area contributed by atoms with Gasteiger partial charge in [0.15, 0.2) is 0 Å². The molecule has 1 unspecified atom stereocenters. The summed E-state index contributed by atoms with van der Waals surface area (Å²) in [5.41, 5.74) is 5.60. The van der Waals surface area contributed by atoms with Crippen LogP contribution in [0.2, 0.25) is 0 Å². The number of aliphatic hydroxyl groups is 1. The van der Waals surface area contributed by atoms with Crippen molar-refractivity contribution in [2.75, 3.05) is 13.2 Å². The van der Waals surface area contributed by atoms with Crippen molar-refractivity contribution >= 4 is 5.91 Å². The number of hydrogen-bond donors (Lipinski definition) is 3. The third kappa shape index (κ3) is 6.47. The average molecular weight is 216 g/mol. The number of aliphatic hydroxyl groups excluding tert-OH is 1. The van der Waals surface area contributed by atoms with Gasteiger partial charge in [-0.1, -0.05) is 27.2 Å². The first-order valence-electron chi connectivity index (χ1n) is 5.57. The van der Waals surface area contributed by atoms with E-state index in [2.05, 4.69) is 5.32 Å². The Labute approximate surface area is 92.2 Å². The smallest absolute Gasteiger partial charge is 0.236 e. The van der Waals surface area contributed by atoms with E-state index in [0.717, 1.165) is 6.42 Å². The number of nitrogens with one attached hydrogen (secondary N) is 1. The molecule has 0 radical (unpaired) electrons. The molecule has 1 amide bonds. The summed E-state index contributed by atoms with van der Waals surface area (Å²) in [5, 5.41) is 11.6. The second-order valence-electron chi connectivity index (χ2n) is 4.75. The number of nitrogens with two attached hydrogens (primary N) is 1. The largest absolute Gasteiger partial charge is 0.396 e. The summed E-state index contributed by atoms with van der Waals surface area (Å²) in [6.45, 7) is 6.72. The molecular weight excluding hydrogens is 192 g/mol. The number of rotatable bonds is 7. The number of carbonyl (C=O) groups excluding carboxylic acids is 1. The minimum atomic E-state index is -0.403. The van der Waals surface area contributed by atoms with Gasteiger partial charge in [-0.25, -0.2) is 0 Å². The highest BCUT2D eigenvalue weighted by atomic mass is 16.3. The van der Waals surface area contributed by atoms with E-state index in [1.165, 1.54) is 0 Å². The first-order valence-corrected chi connectivity index (χ1v) is 5.57. The van der Waals surface area contributed by atoms with Crippen LogP contribution >= 0.6 is 0 Å². The van der Waals surface area contributed by atoms with Crippen LogP contribution in [0.5, 0.6) is 0 Å². The summed E-state index contributed by atoms with van der Waals surface area (Å²) in [5.74, 6) is -0.0946. The molecule has 0 bridgehead atoms. The molecule has 4 heteroatoms. The minimum Gasteiger partial charge on any atom is -0.396 e. The molecule has 90 valence electrons. The zero-order valence-corrected chi connectivity index (χ0v) is 10.0. The molecule has 0 aliphatic carbocycles. The van der Waals surface area contributed by atoms with Crippen LogP contribution in [-0.2, 0) is 4.79 Å². The van der Waals surface area contributed by atoms with Gasteiger partial charge in [-0.15, -0.1) is 0 Å². The van der Waals surface area contributed by atoms with E-state index >= 15 is 0 Å². The van der Waals surface area contributed by atoms with E-state index in [4.69, 9.17) is 10.8 Å². The zero-order chi connectivity index (χ0) is 11.9. The fourth-order valence-electron chi connectivity index (χ4n) is 1.29. The highest BCUT2D eigenvalue weighted by Crippen LogP contribution is 2.17. The quantitative estimate of drug-likeness (QED) is 0.584. The van der Waals surface area contributed by atoms with Crippen LogP contribution in [0, 0.1) is 5.41 Å². The Morgan fingerprint density at radius 1 is 1.53 bits per heavy atom. The summed E-state index contributed by atoms with van der Waals surface area (Å²) in [6.07, 6.45) is 2.30. The molecule has 0 aromatic heterocycles. The van der Waals surface area contributed by atoms with E-state index in [9.17, 15) is 4.79 Å². The predicted octanol–water partition coefficient (Wildman–Crippen LogP) is 0.639. The molecule has 4 N–H and O–H groups in total. The minimum absolute atomic E-state index is 0.0731. The Bertz CT molecular complexity index is 193. The van der Waals surface area contributed by atoms with Crippen LogP contribution in [0.4, 0.5) is 0 Å². The lowest BCUT2D eigenvalue weighted by atomic mass is 9.89. The van der Waals surface area contributed by atoms with Crippen LogP contribution in [0.3, 0.4) is 0 Å². The molecule has 1 atom stereocenters. The molecule has 0 saturated heterocycles. The maximum Gasteiger partial charge on any atom is 0.236 e.